The van der Waals surface area contributed by atoms with Crippen LogP contribution >= 0.6 is 0 Å². The van der Waals surface area contributed by atoms with Crippen LogP contribution < -0.4 is 5.32 Å². The Bertz CT molecular complexity index is 785. The predicted molar refractivity (Wildman–Crippen MR) is 95.6 cm³/mol. The number of carboxylic acid groups (broad SMARTS) is 1. The van der Waals surface area contributed by atoms with Crippen molar-refractivity contribution in [2.24, 2.45) is 0 Å². The summed E-state index contributed by atoms with van der Waals surface area (Å²) in [5.74, 6) is -0.997. The van der Waals surface area contributed by atoms with Crippen LogP contribution in [0.5, 0.6) is 0 Å². The standard InChI is InChI=1S/C18H24N4O4/c1-11(2)13-7-5-6-8-15(13)22-12(3)19-16(21-22)17(23)20-14(18(24)25)9-10-26-4/h5-8,11,14H,9-10H2,1-4H3,(H,20,23)(H,24,25). The Morgan fingerprint density at radius 2 is 2.00 bits per heavy atom. The van der Waals surface area contributed by atoms with E-state index in [-0.39, 0.29) is 24.8 Å². The van der Waals surface area contributed by atoms with Crippen LogP contribution in [0, 0.1) is 6.92 Å². The summed E-state index contributed by atoms with van der Waals surface area (Å²) in [6.45, 7) is 6.12. The average Bonchev–Trinajstić information content (AvgIpc) is 2.99. The highest BCUT2D eigenvalue weighted by molar-refractivity contribution is 5.93. The maximum absolute atomic E-state index is 12.4. The largest absolute Gasteiger partial charge is 0.480 e. The summed E-state index contributed by atoms with van der Waals surface area (Å²) in [5, 5.41) is 15.9. The van der Waals surface area contributed by atoms with Gasteiger partial charge in [-0.15, -0.1) is 5.10 Å². The minimum Gasteiger partial charge on any atom is -0.480 e. The summed E-state index contributed by atoms with van der Waals surface area (Å²) in [6, 6.07) is 6.71. The van der Waals surface area contributed by atoms with Gasteiger partial charge in [-0.3, -0.25) is 4.79 Å². The summed E-state index contributed by atoms with van der Waals surface area (Å²) in [7, 11) is 1.47. The van der Waals surface area contributed by atoms with E-state index in [9.17, 15) is 14.7 Å². The van der Waals surface area contributed by atoms with Crippen LogP contribution in [0.4, 0.5) is 0 Å². The van der Waals surface area contributed by atoms with Gasteiger partial charge in [0, 0.05) is 20.1 Å². The quantitative estimate of drug-likeness (QED) is 0.745. The topological polar surface area (TPSA) is 106 Å². The number of hydrogen-bond acceptors (Lipinski definition) is 5. The highest BCUT2D eigenvalue weighted by atomic mass is 16.5. The summed E-state index contributed by atoms with van der Waals surface area (Å²) in [6.07, 6.45) is 0.160. The lowest BCUT2D eigenvalue weighted by Gasteiger charge is -2.13. The molecule has 0 aliphatic carbocycles. The van der Waals surface area contributed by atoms with Gasteiger partial charge in [-0.25, -0.2) is 14.5 Å². The van der Waals surface area contributed by atoms with Crippen molar-refractivity contribution in [3.8, 4) is 5.69 Å². The highest BCUT2D eigenvalue weighted by Gasteiger charge is 2.24. The fraction of sp³-hybridized carbons (Fsp3) is 0.444. The second-order valence-electron chi connectivity index (χ2n) is 6.25. The molecule has 1 aromatic carbocycles. The van der Waals surface area contributed by atoms with Gasteiger partial charge in [0.2, 0.25) is 5.82 Å². The molecule has 2 N–H and O–H groups in total. The fourth-order valence-corrected chi connectivity index (χ4v) is 2.60. The first-order valence-electron chi connectivity index (χ1n) is 8.40. The molecule has 0 fully saturated rings. The molecule has 8 heteroatoms. The van der Waals surface area contributed by atoms with Crippen molar-refractivity contribution < 1.29 is 19.4 Å². The van der Waals surface area contributed by atoms with E-state index >= 15 is 0 Å². The number of para-hydroxylation sites is 1. The zero-order chi connectivity index (χ0) is 19.3. The van der Waals surface area contributed by atoms with E-state index in [1.807, 2.05) is 24.3 Å². The van der Waals surface area contributed by atoms with Crippen LogP contribution in [0.3, 0.4) is 0 Å². The molecule has 1 atom stereocenters. The van der Waals surface area contributed by atoms with E-state index in [4.69, 9.17) is 4.74 Å². The molecule has 1 amide bonds. The predicted octanol–water partition coefficient (Wildman–Crippen LogP) is 1.92. The average molecular weight is 360 g/mol. The van der Waals surface area contributed by atoms with Crippen LogP contribution in [0.15, 0.2) is 24.3 Å². The Kier molecular flexibility index (Phi) is 6.46. The molecular weight excluding hydrogens is 336 g/mol. The lowest BCUT2D eigenvalue weighted by atomic mass is 10.0. The smallest absolute Gasteiger partial charge is 0.326 e. The molecular formula is C18H24N4O4. The number of aryl methyl sites for hydroxylation is 1. The fourth-order valence-electron chi connectivity index (χ4n) is 2.60. The molecule has 0 saturated heterocycles. The van der Waals surface area contributed by atoms with E-state index in [0.29, 0.717) is 5.82 Å². The van der Waals surface area contributed by atoms with Crippen LogP contribution in [0.25, 0.3) is 5.69 Å². The van der Waals surface area contributed by atoms with Gasteiger partial charge in [-0.2, -0.15) is 0 Å². The minimum absolute atomic E-state index is 0.0651. The van der Waals surface area contributed by atoms with Crippen molar-refractivity contribution in [2.75, 3.05) is 13.7 Å². The van der Waals surface area contributed by atoms with Crippen LogP contribution in [-0.4, -0.2) is 51.5 Å². The first-order chi connectivity index (χ1) is 12.3. The molecule has 0 spiro atoms. The van der Waals surface area contributed by atoms with Gasteiger partial charge in [0.05, 0.1) is 5.69 Å². The van der Waals surface area contributed by atoms with Gasteiger partial charge >= 0.3 is 5.97 Å². The van der Waals surface area contributed by atoms with E-state index in [1.165, 1.54) is 7.11 Å². The van der Waals surface area contributed by atoms with Crippen molar-refractivity contribution in [3.63, 3.8) is 0 Å². The zero-order valence-electron chi connectivity index (χ0n) is 15.4. The van der Waals surface area contributed by atoms with Gasteiger partial charge in [0.25, 0.3) is 5.91 Å². The third kappa shape index (κ3) is 4.45. The number of carbonyl (C=O) groups excluding carboxylic acids is 1. The monoisotopic (exact) mass is 360 g/mol. The lowest BCUT2D eigenvalue weighted by molar-refractivity contribution is -0.139. The van der Waals surface area contributed by atoms with Gasteiger partial charge in [-0.1, -0.05) is 32.0 Å². The Morgan fingerprint density at radius 1 is 1.31 bits per heavy atom. The minimum atomic E-state index is -1.13. The number of aromatic nitrogens is 3. The Hall–Kier alpha value is -2.74. The molecule has 26 heavy (non-hydrogen) atoms. The number of nitrogens with one attached hydrogen (secondary N) is 1. The molecule has 8 nitrogen and oxygen atoms in total. The number of carboxylic acids is 1. The molecule has 1 unspecified atom stereocenters. The molecule has 2 rings (SSSR count). The number of nitrogens with zero attached hydrogens (tertiary/aromatic N) is 3. The molecule has 0 aliphatic heterocycles. The first-order valence-corrected chi connectivity index (χ1v) is 8.40. The second kappa shape index (κ2) is 8.57. The molecule has 140 valence electrons. The number of hydrogen-bond donors (Lipinski definition) is 2. The van der Waals surface area contributed by atoms with Crippen LogP contribution in [0.2, 0.25) is 0 Å². The number of ether oxygens (including phenoxy) is 1. The van der Waals surface area contributed by atoms with Crippen LogP contribution in [-0.2, 0) is 9.53 Å². The summed E-state index contributed by atoms with van der Waals surface area (Å²) >= 11 is 0. The van der Waals surface area contributed by atoms with E-state index in [1.54, 1.807) is 11.6 Å². The van der Waals surface area contributed by atoms with E-state index < -0.39 is 17.9 Å². The van der Waals surface area contributed by atoms with Crippen molar-refractivity contribution in [3.05, 3.63) is 41.5 Å². The van der Waals surface area contributed by atoms with Crippen LogP contribution in [0.1, 0.15) is 48.2 Å². The molecule has 2 aromatic rings. The maximum atomic E-state index is 12.4. The molecule has 1 aromatic heterocycles. The Morgan fingerprint density at radius 3 is 2.62 bits per heavy atom. The normalized spacial score (nSPS) is 12.2. The molecule has 0 saturated carbocycles. The lowest BCUT2D eigenvalue weighted by Crippen LogP contribution is -2.42. The van der Waals surface area contributed by atoms with Crippen molar-refractivity contribution in [1.82, 2.24) is 20.1 Å². The number of carbonyl (C=O) groups is 2. The zero-order valence-corrected chi connectivity index (χ0v) is 15.4. The highest BCUT2D eigenvalue weighted by Crippen LogP contribution is 2.23. The summed E-state index contributed by atoms with van der Waals surface area (Å²) in [5.41, 5.74) is 1.93. The Labute approximate surface area is 152 Å². The third-order valence-electron chi connectivity index (χ3n) is 3.97. The first kappa shape index (κ1) is 19.6. The second-order valence-corrected chi connectivity index (χ2v) is 6.25. The maximum Gasteiger partial charge on any atom is 0.326 e. The summed E-state index contributed by atoms with van der Waals surface area (Å²) in [4.78, 5) is 27.8. The number of aliphatic carboxylic acids is 1. The van der Waals surface area contributed by atoms with Crippen molar-refractivity contribution >= 4 is 11.9 Å². The number of methoxy groups -OCH3 is 1. The third-order valence-corrected chi connectivity index (χ3v) is 3.97. The summed E-state index contributed by atoms with van der Waals surface area (Å²) < 4.78 is 6.48. The van der Waals surface area contributed by atoms with Crippen molar-refractivity contribution in [2.45, 2.75) is 39.2 Å². The molecule has 0 bridgehead atoms. The van der Waals surface area contributed by atoms with Crippen molar-refractivity contribution in [1.29, 1.82) is 0 Å². The number of amides is 1. The van der Waals surface area contributed by atoms with Gasteiger partial charge in [0.15, 0.2) is 0 Å². The van der Waals surface area contributed by atoms with Gasteiger partial charge < -0.3 is 15.2 Å². The van der Waals surface area contributed by atoms with Gasteiger partial charge in [0.1, 0.15) is 11.9 Å². The van der Waals surface area contributed by atoms with Gasteiger partial charge in [-0.05, 0) is 24.5 Å². The number of rotatable bonds is 8. The molecule has 1 heterocycles. The Balaban J connectivity index is 2.27. The molecule has 0 aliphatic rings. The number of benzene rings is 1. The van der Waals surface area contributed by atoms with E-state index in [2.05, 4.69) is 29.2 Å². The SMILES string of the molecule is COCCC(NC(=O)c1nc(C)n(-c2ccccc2C(C)C)n1)C(=O)O. The molecule has 0 radical (unpaired) electrons. The van der Waals surface area contributed by atoms with E-state index in [0.717, 1.165) is 11.3 Å².